The van der Waals surface area contributed by atoms with Crippen molar-refractivity contribution in [2.75, 3.05) is 20.3 Å². The van der Waals surface area contributed by atoms with Crippen molar-refractivity contribution in [1.29, 1.82) is 0 Å². The summed E-state index contributed by atoms with van der Waals surface area (Å²) in [5.41, 5.74) is 5.32. The first-order valence-electron chi connectivity index (χ1n) is 3.94. The molecule has 2 N–H and O–H groups in total. The lowest BCUT2D eigenvalue weighted by Crippen LogP contribution is -2.10. The summed E-state index contributed by atoms with van der Waals surface area (Å²) < 4.78 is 11.5. The number of benzene rings is 1. The molecular formula is C9H12BrNO2. The summed E-state index contributed by atoms with van der Waals surface area (Å²) in [6.07, 6.45) is 0. The van der Waals surface area contributed by atoms with Crippen molar-refractivity contribution < 1.29 is 9.47 Å². The van der Waals surface area contributed by atoms with E-state index in [1.54, 1.807) is 7.11 Å². The van der Waals surface area contributed by atoms with E-state index in [4.69, 9.17) is 15.2 Å². The molecule has 0 aromatic heterocycles. The monoisotopic (exact) mass is 245 g/mol. The average molecular weight is 246 g/mol. The zero-order valence-electron chi connectivity index (χ0n) is 7.42. The van der Waals surface area contributed by atoms with E-state index in [1.165, 1.54) is 0 Å². The second-order valence-electron chi connectivity index (χ2n) is 2.43. The van der Waals surface area contributed by atoms with Crippen molar-refractivity contribution in [3.8, 4) is 11.5 Å². The summed E-state index contributed by atoms with van der Waals surface area (Å²) in [7, 11) is 1.61. The highest BCUT2D eigenvalue weighted by Gasteiger charge is 2.03. The van der Waals surface area contributed by atoms with E-state index in [0.717, 1.165) is 10.2 Å². The normalized spacial score (nSPS) is 9.77. The third-order valence-electron chi connectivity index (χ3n) is 1.50. The maximum absolute atomic E-state index is 5.36. The molecule has 0 aliphatic rings. The van der Waals surface area contributed by atoms with E-state index in [1.807, 2.05) is 18.2 Å². The molecule has 72 valence electrons. The number of halogens is 1. The van der Waals surface area contributed by atoms with Crippen molar-refractivity contribution >= 4 is 15.9 Å². The number of rotatable bonds is 4. The predicted octanol–water partition coefficient (Wildman–Crippen LogP) is 1.80. The van der Waals surface area contributed by atoms with Gasteiger partial charge in [-0.3, -0.25) is 0 Å². The molecule has 0 unspecified atom stereocenters. The quantitative estimate of drug-likeness (QED) is 0.880. The zero-order chi connectivity index (χ0) is 9.68. The maximum Gasteiger partial charge on any atom is 0.161 e. The highest BCUT2D eigenvalue weighted by Crippen LogP contribution is 2.29. The van der Waals surface area contributed by atoms with Gasteiger partial charge in [-0.05, 0) is 18.2 Å². The van der Waals surface area contributed by atoms with Crippen molar-refractivity contribution in [2.45, 2.75) is 0 Å². The molecule has 0 aliphatic heterocycles. The van der Waals surface area contributed by atoms with Crippen LogP contribution in [0.3, 0.4) is 0 Å². The van der Waals surface area contributed by atoms with Crippen LogP contribution < -0.4 is 15.2 Å². The van der Waals surface area contributed by atoms with Gasteiger partial charge in [-0.25, -0.2) is 0 Å². The Balaban J connectivity index is 2.79. The van der Waals surface area contributed by atoms with Crippen LogP contribution in [0.5, 0.6) is 11.5 Å². The summed E-state index contributed by atoms with van der Waals surface area (Å²) in [5, 5.41) is 0. The first-order chi connectivity index (χ1) is 6.27. The van der Waals surface area contributed by atoms with Crippen molar-refractivity contribution in [1.82, 2.24) is 0 Å². The van der Waals surface area contributed by atoms with Gasteiger partial charge in [0.25, 0.3) is 0 Å². The molecule has 13 heavy (non-hydrogen) atoms. The van der Waals surface area contributed by atoms with Crippen LogP contribution in [0.15, 0.2) is 22.7 Å². The Kier molecular flexibility index (Phi) is 4.05. The topological polar surface area (TPSA) is 44.5 Å². The van der Waals surface area contributed by atoms with Crippen LogP contribution in [0.1, 0.15) is 0 Å². The summed E-state index contributed by atoms with van der Waals surface area (Å²) >= 11 is 3.35. The van der Waals surface area contributed by atoms with Gasteiger partial charge in [-0.15, -0.1) is 0 Å². The lowest BCUT2D eigenvalue weighted by atomic mass is 10.3. The molecule has 0 radical (unpaired) electrons. The molecule has 0 heterocycles. The molecule has 1 aromatic rings. The average Bonchev–Trinajstić information content (AvgIpc) is 2.16. The molecule has 0 saturated carbocycles. The highest BCUT2D eigenvalue weighted by molar-refractivity contribution is 9.10. The third kappa shape index (κ3) is 2.90. The molecule has 1 rings (SSSR count). The van der Waals surface area contributed by atoms with Gasteiger partial charge in [-0.1, -0.05) is 15.9 Å². The summed E-state index contributed by atoms with van der Waals surface area (Å²) in [6, 6.07) is 5.60. The van der Waals surface area contributed by atoms with E-state index in [-0.39, 0.29) is 0 Å². The van der Waals surface area contributed by atoms with Gasteiger partial charge in [0.2, 0.25) is 0 Å². The number of ether oxygens (including phenoxy) is 2. The SMILES string of the molecule is COc1cc(Br)ccc1OCCN. The van der Waals surface area contributed by atoms with Crippen LogP contribution in [-0.2, 0) is 0 Å². The van der Waals surface area contributed by atoms with Gasteiger partial charge >= 0.3 is 0 Å². The Morgan fingerprint density at radius 1 is 1.38 bits per heavy atom. The number of methoxy groups -OCH3 is 1. The van der Waals surface area contributed by atoms with E-state index < -0.39 is 0 Å². The standard InChI is InChI=1S/C9H12BrNO2/c1-12-9-6-7(10)2-3-8(9)13-5-4-11/h2-3,6H,4-5,11H2,1H3. The fourth-order valence-corrected chi connectivity index (χ4v) is 1.27. The molecule has 0 saturated heterocycles. The number of nitrogens with two attached hydrogens (primary N) is 1. The summed E-state index contributed by atoms with van der Waals surface area (Å²) in [6.45, 7) is 0.997. The highest BCUT2D eigenvalue weighted by atomic mass is 79.9. The molecule has 3 nitrogen and oxygen atoms in total. The largest absolute Gasteiger partial charge is 0.493 e. The van der Waals surface area contributed by atoms with Crippen molar-refractivity contribution in [3.05, 3.63) is 22.7 Å². The fraction of sp³-hybridized carbons (Fsp3) is 0.333. The fourth-order valence-electron chi connectivity index (χ4n) is 0.930. The van der Waals surface area contributed by atoms with E-state index in [2.05, 4.69) is 15.9 Å². The Labute approximate surface area is 86.0 Å². The predicted molar refractivity (Wildman–Crippen MR) is 55.2 cm³/mol. The summed E-state index contributed by atoms with van der Waals surface area (Å²) in [5.74, 6) is 1.43. The van der Waals surface area contributed by atoms with E-state index in [0.29, 0.717) is 18.9 Å². The van der Waals surface area contributed by atoms with Crippen LogP contribution in [0, 0.1) is 0 Å². The minimum Gasteiger partial charge on any atom is -0.493 e. The second kappa shape index (κ2) is 5.09. The smallest absolute Gasteiger partial charge is 0.161 e. The third-order valence-corrected chi connectivity index (χ3v) is 1.99. The molecule has 0 bridgehead atoms. The van der Waals surface area contributed by atoms with Crippen LogP contribution in [0.4, 0.5) is 0 Å². The van der Waals surface area contributed by atoms with Crippen LogP contribution in [0.2, 0.25) is 0 Å². The molecule has 1 aromatic carbocycles. The van der Waals surface area contributed by atoms with Gasteiger partial charge in [-0.2, -0.15) is 0 Å². The Hall–Kier alpha value is -0.740. The first kappa shape index (κ1) is 10.3. The Morgan fingerprint density at radius 3 is 2.77 bits per heavy atom. The molecule has 0 aliphatic carbocycles. The van der Waals surface area contributed by atoms with Gasteiger partial charge < -0.3 is 15.2 Å². The minimum absolute atomic E-state index is 0.498. The Morgan fingerprint density at radius 2 is 2.15 bits per heavy atom. The molecule has 0 spiro atoms. The second-order valence-corrected chi connectivity index (χ2v) is 3.35. The molecule has 0 fully saturated rings. The number of hydrogen-bond donors (Lipinski definition) is 1. The lowest BCUT2D eigenvalue weighted by Gasteiger charge is -2.09. The maximum atomic E-state index is 5.36. The van der Waals surface area contributed by atoms with E-state index >= 15 is 0 Å². The van der Waals surface area contributed by atoms with Gasteiger partial charge in [0.05, 0.1) is 7.11 Å². The van der Waals surface area contributed by atoms with Crippen LogP contribution >= 0.6 is 15.9 Å². The zero-order valence-corrected chi connectivity index (χ0v) is 9.00. The summed E-state index contributed by atoms with van der Waals surface area (Å²) in [4.78, 5) is 0. The molecular weight excluding hydrogens is 234 g/mol. The Bertz CT molecular complexity index is 278. The molecule has 0 amide bonds. The van der Waals surface area contributed by atoms with Crippen molar-refractivity contribution in [3.63, 3.8) is 0 Å². The van der Waals surface area contributed by atoms with Crippen molar-refractivity contribution in [2.24, 2.45) is 5.73 Å². The van der Waals surface area contributed by atoms with Gasteiger partial charge in [0, 0.05) is 11.0 Å². The lowest BCUT2D eigenvalue weighted by molar-refractivity contribution is 0.302. The first-order valence-corrected chi connectivity index (χ1v) is 4.73. The van der Waals surface area contributed by atoms with Gasteiger partial charge in [0.1, 0.15) is 6.61 Å². The minimum atomic E-state index is 0.498. The van der Waals surface area contributed by atoms with Gasteiger partial charge in [0.15, 0.2) is 11.5 Å². The van der Waals surface area contributed by atoms with Crippen LogP contribution in [-0.4, -0.2) is 20.3 Å². The molecule has 0 atom stereocenters. The molecule has 4 heteroatoms. The van der Waals surface area contributed by atoms with Crippen LogP contribution in [0.25, 0.3) is 0 Å². The number of hydrogen-bond acceptors (Lipinski definition) is 3. The van der Waals surface area contributed by atoms with E-state index in [9.17, 15) is 0 Å².